The lowest BCUT2D eigenvalue weighted by Crippen LogP contribution is -2.50. The van der Waals surface area contributed by atoms with Crippen molar-refractivity contribution in [2.75, 3.05) is 31.1 Å². The average Bonchev–Trinajstić information content (AvgIpc) is 3.36. The number of hydrogen-bond donors (Lipinski definition) is 1. The topological polar surface area (TPSA) is 97.7 Å². The van der Waals surface area contributed by atoms with Crippen LogP contribution in [0, 0.1) is 0 Å². The number of nitrogens with one attached hydrogen (secondary N) is 1. The molecule has 2 atom stereocenters. The first-order valence-corrected chi connectivity index (χ1v) is 16.0. The van der Waals surface area contributed by atoms with Crippen molar-refractivity contribution in [2.24, 2.45) is 9.98 Å². The van der Waals surface area contributed by atoms with Gasteiger partial charge >= 0.3 is 0 Å². The zero-order chi connectivity index (χ0) is 29.1. The molecule has 1 aliphatic carbocycles. The summed E-state index contributed by atoms with van der Waals surface area (Å²) in [6, 6.07) is 17.2. The number of benzene rings is 2. The lowest BCUT2D eigenvalue weighted by molar-refractivity contribution is -0.135. The van der Waals surface area contributed by atoms with Gasteiger partial charge in [-0.2, -0.15) is 0 Å². The predicted molar refractivity (Wildman–Crippen MR) is 167 cm³/mol. The number of para-hydroxylation sites is 2. The number of amidine groups is 2. The van der Waals surface area contributed by atoms with Gasteiger partial charge in [0.05, 0.1) is 17.4 Å². The molecule has 3 amide bonds. The van der Waals surface area contributed by atoms with E-state index in [4.69, 9.17) is 9.98 Å². The minimum Gasteiger partial charge on any atom is -0.368 e. The standard InChI is InChI=1S/C32H38N6O3S/c1-2-27(30(40)33-22-11-5-3-6-12-22)42-32-35-25-16-10-9-15-24(25)29-34-26(31(41)38(29)32)21-28(39)37-19-17-36(18-20-37)23-13-7-4-8-14-23/h4,7-10,13-16,22,26-27H,2-3,5-6,11-12,17-21H2,1H3,(H,33,40)/t26-,27-/m1/s1. The van der Waals surface area contributed by atoms with Gasteiger partial charge < -0.3 is 15.1 Å². The Morgan fingerprint density at radius 2 is 1.69 bits per heavy atom. The maximum atomic E-state index is 13.8. The SMILES string of the molecule is CC[C@@H](SC1=Nc2ccccc2C2=N[C@H](CC(=O)N3CCN(c4ccccc4)CC3)C(=O)N12)C(=O)NC1CCCCC1. The summed E-state index contributed by atoms with van der Waals surface area (Å²) in [5.41, 5.74) is 2.63. The molecule has 1 saturated carbocycles. The zero-order valence-corrected chi connectivity index (χ0v) is 24.9. The summed E-state index contributed by atoms with van der Waals surface area (Å²) in [7, 11) is 0. The summed E-state index contributed by atoms with van der Waals surface area (Å²) in [6.07, 6.45) is 6.16. The summed E-state index contributed by atoms with van der Waals surface area (Å²) >= 11 is 1.31. The van der Waals surface area contributed by atoms with Crippen LogP contribution < -0.4 is 10.2 Å². The fourth-order valence-corrected chi connectivity index (χ4v) is 7.18. The molecule has 0 spiro atoms. The van der Waals surface area contributed by atoms with E-state index in [1.54, 1.807) is 0 Å². The van der Waals surface area contributed by atoms with Crippen LogP contribution in [0.5, 0.6) is 0 Å². The van der Waals surface area contributed by atoms with Crippen LogP contribution in [0.1, 0.15) is 57.4 Å². The molecular weight excluding hydrogens is 548 g/mol. The van der Waals surface area contributed by atoms with Crippen molar-refractivity contribution in [1.29, 1.82) is 0 Å². The fourth-order valence-electron chi connectivity index (χ4n) is 6.15. The second-order valence-corrected chi connectivity index (χ2v) is 12.5. The van der Waals surface area contributed by atoms with Gasteiger partial charge in [0.1, 0.15) is 11.9 Å². The molecule has 6 rings (SSSR count). The first-order valence-electron chi connectivity index (χ1n) is 15.2. The monoisotopic (exact) mass is 586 g/mol. The number of thioether (sulfide) groups is 1. The minimum atomic E-state index is -0.812. The van der Waals surface area contributed by atoms with E-state index in [9.17, 15) is 14.4 Å². The van der Waals surface area contributed by atoms with Crippen molar-refractivity contribution in [1.82, 2.24) is 15.1 Å². The Labute approximate surface area is 251 Å². The summed E-state index contributed by atoms with van der Waals surface area (Å²) in [5.74, 6) is 0.178. The van der Waals surface area contributed by atoms with Gasteiger partial charge in [0.25, 0.3) is 5.91 Å². The van der Waals surface area contributed by atoms with Crippen LogP contribution >= 0.6 is 11.8 Å². The number of rotatable bonds is 7. The molecule has 0 unspecified atom stereocenters. The van der Waals surface area contributed by atoms with E-state index in [1.807, 2.05) is 54.3 Å². The number of fused-ring (bicyclic) bond motifs is 3. The zero-order valence-electron chi connectivity index (χ0n) is 24.1. The lowest BCUT2D eigenvalue weighted by Gasteiger charge is -2.36. The van der Waals surface area contributed by atoms with E-state index in [0.717, 1.165) is 50.0 Å². The van der Waals surface area contributed by atoms with Crippen LogP contribution in [-0.2, 0) is 14.4 Å². The number of carbonyl (C=O) groups excluding carboxylic acids is 3. The molecule has 2 aromatic carbocycles. The van der Waals surface area contributed by atoms with E-state index < -0.39 is 6.04 Å². The molecule has 0 aromatic heterocycles. The third kappa shape index (κ3) is 5.95. The van der Waals surface area contributed by atoms with E-state index >= 15 is 0 Å². The van der Waals surface area contributed by atoms with Crippen molar-refractivity contribution < 1.29 is 14.4 Å². The molecule has 2 aromatic rings. The average molecular weight is 587 g/mol. The molecule has 2 fully saturated rings. The van der Waals surface area contributed by atoms with Crippen molar-refractivity contribution in [3.8, 4) is 0 Å². The lowest BCUT2D eigenvalue weighted by atomic mass is 9.95. The van der Waals surface area contributed by atoms with Crippen LogP contribution in [0.25, 0.3) is 0 Å². The number of anilines is 1. The van der Waals surface area contributed by atoms with Gasteiger partial charge in [0.15, 0.2) is 5.17 Å². The number of amides is 3. The fraction of sp³-hybridized carbons (Fsp3) is 0.469. The minimum absolute atomic E-state index is 0.0116. The molecule has 0 bridgehead atoms. The quantitative estimate of drug-likeness (QED) is 0.521. The summed E-state index contributed by atoms with van der Waals surface area (Å²) in [4.78, 5) is 55.7. The maximum absolute atomic E-state index is 13.8. The molecule has 9 nitrogen and oxygen atoms in total. The number of carbonyl (C=O) groups is 3. The highest BCUT2D eigenvalue weighted by atomic mass is 32.2. The van der Waals surface area contributed by atoms with Gasteiger partial charge in [-0.25, -0.2) is 9.89 Å². The number of piperazine rings is 1. The summed E-state index contributed by atoms with van der Waals surface area (Å²) in [6.45, 7) is 4.69. The normalized spacial score (nSPS) is 21.3. The first-order chi connectivity index (χ1) is 20.5. The number of aliphatic imine (C=N–C) groups is 2. The van der Waals surface area contributed by atoms with Crippen LogP contribution in [-0.4, -0.2) is 82.0 Å². The maximum Gasteiger partial charge on any atom is 0.259 e. The van der Waals surface area contributed by atoms with Gasteiger partial charge in [-0.05, 0) is 43.5 Å². The number of hydrogen-bond acceptors (Lipinski definition) is 7. The molecular formula is C32H38N6O3S. The smallest absolute Gasteiger partial charge is 0.259 e. The Morgan fingerprint density at radius 1 is 0.976 bits per heavy atom. The van der Waals surface area contributed by atoms with Gasteiger partial charge in [-0.1, -0.05) is 68.3 Å². The Bertz CT molecular complexity index is 1380. The van der Waals surface area contributed by atoms with E-state index in [0.29, 0.717) is 36.2 Å². The van der Waals surface area contributed by atoms with Crippen molar-refractivity contribution in [3.05, 3.63) is 60.2 Å². The molecule has 4 aliphatic rings. The van der Waals surface area contributed by atoms with Gasteiger partial charge in [-0.15, -0.1) is 0 Å². The summed E-state index contributed by atoms with van der Waals surface area (Å²) < 4.78 is 0. The molecule has 42 heavy (non-hydrogen) atoms. The molecule has 10 heteroatoms. The van der Waals surface area contributed by atoms with Crippen LogP contribution in [0.2, 0.25) is 0 Å². The highest BCUT2D eigenvalue weighted by molar-refractivity contribution is 8.15. The van der Waals surface area contributed by atoms with Crippen LogP contribution in [0.3, 0.4) is 0 Å². The largest absolute Gasteiger partial charge is 0.368 e. The van der Waals surface area contributed by atoms with Crippen molar-refractivity contribution >= 4 is 51.9 Å². The molecule has 220 valence electrons. The molecule has 1 N–H and O–H groups in total. The number of nitrogens with zero attached hydrogens (tertiary/aromatic N) is 5. The molecule has 0 radical (unpaired) electrons. The molecule has 1 saturated heterocycles. The third-order valence-electron chi connectivity index (χ3n) is 8.53. The summed E-state index contributed by atoms with van der Waals surface area (Å²) in [5, 5.41) is 3.30. The van der Waals surface area contributed by atoms with Crippen molar-refractivity contribution in [3.63, 3.8) is 0 Å². The van der Waals surface area contributed by atoms with Crippen LogP contribution in [0.4, 0.5) is 11.4 Å². The Hall–Kier alpha value is -3.66. The highest BCUT2D eigenvalue weighted by Crippen LogP contribution is 2.36. The Morgan fingerprint density at radius 3 is 2.43 bits per heavy atom. The van der Waals surface area contributed by atoms with Crippen LogP contribution in [0.15, 0.2) is 64.6 Å². The predicted octanol–water partition coefficient (Wildman–Crippen LogP) is 4.34. The highest BCUT2D eigenvalue weighted by Gasteiger charge is 2.43. The Balaban J connectivity index is 1.15. The van der Waals surface area contributed by atoms with E-state index in [1.165, 1.54) is 23.1 Å². The molecule has 3 heterocycles. The van der Waals surface area contributed by atoms with Gasteiger partial charge in [0.2, 0.25) is 11.8 Å². The second-order valence-electron chi connectivity index (χ2n) is 11.3. The van der Waals surface area contributed by atoms with E-state index in [-0.39, 0.29) is 35.4 Å². The van der Waals surface area contributed by atoms with Crippen molar-refractivity contribution in [2.45, 2.75) is 69.2 Å². The van der Waals surface area contributed by atoms with Gasteiger partial charge in [0, 0.05) is 43.5 Å². The molecule has 3 aliphatic heterocycles. The third-order valence-corrected chi connectivity index (χ3v) is 9.85. The first kappa shape index (κ1) is 28.5. The van der Waals surface area contributed by atoms with E-state index in [2.05, 4.69) is 22.3 Å². The Kier molecular flexibility index (Phi) is 8.60. The second kappa shape index (κ2) is 12.7. The van der Waals surface area contributed by atoms with Gasteiger partial charge in [-0.3, -0.25) is 19.4 Å².